The fraction of sp³-hybridized carbons (Fsp3) is 0.429. The molecule has 1 unspecified atom stereocenters. The minimum Gasteiger partial charge on any atom is -0.478 e. The van der Waals surface area contributed by atoms with Crippen molar-refractivity contribution in [1.82, 2.24) is 5.32 Å². The normalized spacial score (nSPS) is 11.8. The second-order valence-corrected chi connectivity index (χ2v) is 6.45. The second-order valence-electron chi connectivity index (χ2n) is 4.58. The number of nitrogens with one attached hydrogen (secondary N) is 2. The van der Waals surface area contributed by atoms with Crippen LogP contribution in [0.15, 0.2) is 12.1 Å². The number of carbonyl (C=O) groups excluding carboxylic acids is 1. The smallest absolute Gasteiger partial charge is 0.336 e. The number of amides is 2. The number of carboxylic acids is 1. The third-order valence-corrected chi connectivity index (χ3v) is 4.40. The lowest BCUT2D eigenvalue weighted by Gasteiger charge is -2.11. The molecule has 0 fully saturated rings. The van der Waals surface area contributed by atoms with Gasteiger partial charge in [0.1, 0.15) is 0 Å². The second kappa shape index (κ2) is 7.78. The highest BCUT2D eigenvalue weighted by Gasteiger charge is 2.12. The van der Waals surface area contributed by atoms with Gasteiger partial charge in [-0.3, -0.25) is 4.21 Å². The highest BCUT2D eigenvalue weighted by molar-refractivity contribution is 7.84. The van der Waals surface area contributed by atoms with Gasteiger partial charge in [0, 0.05) is 34.5 Å². The van der Waals surface area contributed by atoms with Gasteiger partial charge in [-0.25, -0.2) is 9.59 Å². The van der Waals surface area contributed by atoms with E-state index in [-0.39, 0.29) is 5.56 Å². The summed E-state index contributed by atoms with van der Waals surface area (Å²) >= 11 is 0. The van der Waals surface area contributed by atoms with Crippen molar-refractivity contribution in [3.8, 4) is 0 Å². The van der Waals surface area contributed by atoms with Gasteiger partial charge in [-0.05, 0) is 37.1 Å². The number of benzene rings is 1. The van der Waals surface area contributed by atoms with Gasteiger partial charge in [0.05, 0.1) is 5.56 Å². The topological polar surface area (TPSA) is 95.5 Å². The largest absolute Gasteiger partial charge is 0.478 e. The molecule has 1 atom stereocenters. The standard InChI is InChI=1S/C14H20N2O4S/c1-4-21(20)6-5-15-14(19)16-11-7-9(2)10(3)12(8-11)13(17)18/h7-8H,4-6H2,1-3H3,(H,17,18)(H2,15,16,19). The van der Waals surface area contributed by atoms with Gasteiger partial charge >= 0.3 is 12.0 Å². The molecule has 0 saturated heterocycles. The first-order valence-corrected chi connectivity index (χ1v) is 8.08. The molecule has 6 nitrogen and oxygen atoms in total. The number of hydrogen-bond donors (Lipinski definition) is 3. The fourth-order valence-electron chi connectivity index (χ4n) is 1.75. The zero-order valence-corrected chi connectivity index (χ0v) is 13.2. The van der Waals surface area contributed by atoms with E-state index in [1.807, 2.05) is 6.92 Å². The van der Waals surface area contributed by atoms with Crippen molar-refractivity contribution in [2.75, 3.05) is 23.4 Å². The van der Waals surface area contributed by atoms with E-state index in [2.05, 4.69) is 10.6 Å². The summed E-state index contributed by atoms with van der Waals surface area (Å²) in [4.78, 5) is 22.8. The average molecular weight is 312 g/mol. The van der Waals surface area contributed by atoms with Crippen molar-refractivity contribution in [3.63, 3.8) is 0 Å². The summed E-state index contributed by atoms with van der Waals surface area (Å²) in [5, 5.41) is 14.3. The molecule has 1 aromatic rings. The van der Waals surface area contributed by atoms with Gasteiger partial charge in [-0.15, -0.1) is 0 Å². The van der Waals surface area contributed by atoms with Crippen molar-refractivity contribution in [1.29, 1.82) is 0 Å². The summed E-state index contributed by atoms with van der Waals surface area (Å²) in [5.41, 5.74) is 2.05. The van der Waals surface area contributed by atoms with Gasteiger partial charge in [0.15, 0.2) is 0 Å². The van der Waals surface area contributed by atoms with Crippen LogP contribution >= 0.6 is 0 Å². The Morgan fingerprint density at radius 1 is 1.29 bits per heavy atom. The molecule has 0 spiro atoms. The Kier molecular flexibility index (Phi) is 6.36. The molecule has 0 heterocycles. The molecule has 116 valence electrons. The first-order chi connectivity index (χ1) is 9.85. The number of urea groups is 1. The Morgan fingerprint density at radius 3 is 2.52 bits per heavy atom. The lowest BCUT2D eigenvalue weighted by Crippen LogP contribution is -2.32. The molecule has 0 radical (unpaired) electrons. The summed E-state index contributed by atoms with van der Waals surface area (Å²) in [6, 6.07) is 2.70. The van der Waals surface area contributed by atoms with Crippen LogP contribution in [0.3, 0.4) is 0 Å². The molecule has 2 amide bonds. The Hall–Kier alpha value is -1.89. The monoisotopic (exact) mass is 312 g/mol. The van der Waals surface area contributed by atoms with Crippen LogP contribution in [0.25, 0.3) is 0 Å². The van der Waals surface area contributed by atoms with E-state index < -0.39 is 22.8 Å². The predicted octanol–water partition coefficient (Wildman–Crippen LogP) is 1.89. The van der Waals surface area contributed by atoms with Crippen molar-refractivity contribution >= 4 is 28.5 Å². The van der Waals surface area contributed by atoms with Crippen molar-refractivity contribution in [2.45, 2.75) is 20.8 Å². The van der Waals surface area contributed by atoms with Crippen LogP contribution in [0.4, 0.5) is 10.5 Å². The van der Waals surface area contributed by atoms with E-state index in [1.165, 1.54) is 6.07 Å². The molecular formula is C14H20N2O4S. The number of rotatable bonds is 6. The number of carboxylic acid groups (broad SMARTS) is 1. The number of anilines is 1. The molecule has 7 heteroatoms. The maximum atomic E-state index is 11.7. The van der Waals surface area contributed by atoms with E-state index in [9.17, 15) is 13.8 Å². The maximum Gasteiger partial charge on any atom is 0.336 e. The van der Waals surface area contributed by atoms with Gasteiger partial charge < -0.3 is 15.7 Å². The van der Waals surface area contributed by atoms with Crippen LogP contribution in [0.5, 0.6) is 0 Å². The predicted molar refractivity (Wildman–Crippen MR) is 83.4 cm³/mol. The third kappa shape index (κ3) is 5.18. The Morgan fingerprint density at radius 2 is 1.95 bits per heavy atom. The Bertz CT molecular complexity index is 572. The summed E-state index contributed by atoms with van der Waals surface area (Å²) in [6.45, 7) is 5.64. The molecule has 3 N–H and O–H groups in total. The zero-order valence-electron chi connectivity index (χ0n) is 12.4. The van der Waals surface area contributed by atoms with E-state index in [0.717, 1.165) is 5.56 Å². The third-order valence-electron chi connectivity index (χ3n) is 3.09. The molecule has 0 saturated carbocycles. The summed E-state index contributed by atoms with van der Waals surface area (Å²) < 4.78 is 11.2. The summed E-state index contributed by atoms with van der Waals surface area (Å²) in [6.07, 6.45) is 0. The molecule has 0 aliphatic carbocycles. The van der Waals surface area contributed by atoms with E-state index >= 15 is 0 Å². The average Bonchev–Trinajstić information content (AvgIpc) is 2.42. The molecule has 0 aliphatic rings. The van der Waals surface area contributed by atoms with E-state index in [1.54, 1.807) is 19.9 Å². The minimum atomic E-state index is -1.03. The quantitative estimate of drug-likeness (QED) is 0.747. The van der Waals surface area contributed by atoms with Crippen molar-refractivity contribution in [2.24, 2.45) is 0 Å². The summed E-state index contributed by atoms with van der Waals surface area (Å²) in [7, 11) is -0.927. The maximum absolute atomic E-state index is 11.7. The molecule has 0 aromatic heterocycles. The number of aryl methyl sites for hydroxylation is 1. The van der Waals surface area contributed by atoms with Gasteiger partial charge in [-0.1, -0.05) is 6.92 Å². The Labute approximate surface area is 126 Å². The van der Waals surface area contributed by atoms with E-state index in [4.69, 9.17) is 5.11 Å². The number of carbonyl (C=O) groups is 2. The highest BCUT2D eigenvalue weighted by Crippen LogP contribution is 2.19. The number of aromatic carboxylic acids is 1. The van der Waals surface area contributed by atoms with E-state index in [0.29, 0.717) is 29.3 Å². The van der Waals surface area contributed by atoms with Crippen LogP contribution < -0.4 is 10.6 Å². The van der Waals surface area contributed by atoms with Crippen LogP contribution in [0.1, 0.15) is 28.4 Å². The van der Waals surface area contributed by atoms with Crippen molar-refractivity contribution in [3.05, 3.63) is 28.8 Å². The van der Waals surface area contributed by atoms with Crippen LogP contribution in [-0.2, 0) is 10.8 Å². The SMILES string of the molecule is CCS(=O)CCNC(=O)Nc1cc(C)c(C)c(C(=O)O)c1. The first-order valence-electron chi connectivity index (χ1n) is 6.59. The lowest BCUT2D eigenvalue weighted by molar-refractivity contribution is 0.0696. The highest BCUT2D eigenvalue weighted by atomic mass is 32.2. The van der Waals surface area contributed by atoms with Gasteiger partial charge in [0.2, 0.25) is 0 Å². The van der Waals surface area contributed by atoms with Gasteiger partial charge in [0.25, 0.3) is 0 Å². The molecular weight excluding hydrogens is 292 g/mol. The fourth-order valence-corrected chi connectivity index (χ4v) is 2.37. The lowest BCUT2D eigenvalue weighted by atomic mass is 10.0. The summed E-state index contributed by atoms with van der Waals surface area (Å²) in [5.74, 6) is -0.0716. The molecule has 1 aromatic carbocycles. The molecule has 21 heavy (non-hydrogen) atoms. The zero-order chi connectivity index (χ0) is 16.0. The van der Waals surface area contributed by atoms with Crippen LogP contribution in [-0.4, -0.2) is 39.4 Å². The Balaban J connectivity index is 2.68. The minimum absolute atomic E-state index is 0.164. The molecule has 1 rings (SSSR count). The first kappa shape index (κ1) is 17.2. The van der Waals surface area contributed by atoms with Crippen LogP contribution in [0.2, 0.25) is 0 Å². The molecule has 0 bridgehead atoms. The molecule has 0 aliphatic heterocycles. The van der Waals surface area contributed by atoms with Gasteiger partial charge in [-0.2, -0.15) is 0 Å². The number of hydrogen-bond acceptors (Lipinski definition) is 3. The van der Waals surface area contributed by atoms with Crippen LogP contribution in [0, 0.1) is 13.8 Å². The van der Waals surface area contributed by atoms with Crippen molar-refractivity contribution < 1.29 is 18.9 Å².